The molecule has 1 atom stereocenters. The van der Waals surface area contributed by atoms with Crippen molar-refractivity contribution >= 4 is 35.3 Å². The summed E-state index contributed by atoms with van der Waals surface area (Å²) in [4.78, 5) is 12.7. The highest BCUT2D eigenvalue weighted by Gasteiger charge is 2.25. The van der Waals surface area contributed by atoms with Gasteiger partial charge in [-0.05, 0) is 84.1 Å². The summed E-state index contributed by atoms with van der Waals surface area (Å²) in [5.41, 5.74) is 3.98. The van der Waals surface area contributed by atoms with Crippen molar-refractivity contribution < 1.29 is 38.0 Å². The topological polar surface area (TPSA) is 106 Å². The first-order chi connectivity index (χ1) is 24.9. The molecular weight excluding hydrogens is 672 g/mol. The van der Waals surface area contributed by atoms with Crippen LogP contribution >= 0.6 is 11.6 Å². The Hall–Kier alpha value is -5.22. The molecule has 0 aliphatic carbocycles. The van der Waals surface area contributed by atoms with Gasteiger partial charge in [0.1, 0.15) is 6.17 Å². The van der Waals surface area contributed by atoms with E-state index >= 15 is 0 Å². The first kappa shape index (κ1) is 37.0. The third kappa shape index (κ3) is 9.52. The zero-order chi connectivity index (χ0) is 36.2. The van der Waals surface area contributed by atoms with E-state index in [1.807, 2.05) is 66.7 Å². The Labute approximate surface area is 304 Å². The molecule has 4 aromatic carbocycles. The lowest BCUT2D eigenvalue weighted by Gasteiger charge is -2.28. The number of unbranched alkanes of at least 4 members (excludes halogenated alkanes) is 4. The quantitative estimate of drug-likeness (QED) is 0.0772. The molecule has 0 aromatic heterocycles. The molecule has 2 N–H and O–H groups in total. The van der Waals surface area contributed by atoms with Crippen molar-refractivity contribution in [2.45, 2.75) is 38.3 Å². The highest BCUT2D eigenvalue weighted by Crippen LogP contribution is 2.39. The number of halogens is 1. The van der Waals surface area contributed by atoms with Crippen LogP contribution in [0.4, 0.5) is 5.69 Å². The number of amides is 1. The van der Waals surface area contributed by atoms with Crippen molar-refractivity contribution in [2.75, 3.05) is 54.1 Å². The molecule has 1 heterocycles. The van der Waals surface area contributed by atoms with E-state index in [1.165, 1.54) is 0 Å². The van der Waals surface area contributed by atoms with Crippen LogP contribution in [0, 0.1) is 0 Å². The van der Waals surface area contributed by atoms with Crippen LogP contribution in [-0.4, -0.2) is 54.7 Å². The number of carbonyl (C=O) groups is 1. The molecule has 1 aliphatic rings. The molecule has 1 aliphatic heterocycles. The molecule has 0 saturated heterocycles. The van der Waals surface area contributed by atoms with Gasteiger partial charge in [0.15, 0.2) is 34.5 Å². The summed E-state index contributed by atoms with van der Waals surface area (Å²) in [7, 11) is 8.04. The number of anilines is 1. The third-order valence-corrected chi connectivity index (χ3v) is 8.70. The summed E-state index contributed by atoms with van der Waals surface area (Å²) in [6.45, 7) is 1.17. The molecule has 0 radical (unpaired) electrons. The van der Waals surface area contributed by atoms with Crippen molar-refractivity contribution in [1.82, 2.24) is 5.32 Å². The van der Waals surface area contributed by atoms with E-state index in [0.29, 0.717) is 64.0 Å². The van der Waals surface area contributed by atoms with Gasteiger partial charge in [0.2, 0.25) is 5.75 Å². The molecule has 10 nitrogen and oxygen atoms in total. The maximum Gasteiger partial charge on any atom is 0.255 e. The lowest BCUT2D eigenvalue weighted by atomic mass is 10.1. The second kappa shape index (κ2) is 18.1. The van der Waals surface area contributed by atoms with Crippen molar-refractivity contribution in [3.8, 4) is 40.2 Å². The minimum absolute atomic E-state index is 0.186. The van der Waals surface area contributed by atoms with E-state index in [1.54, 1.807) is 47.7 Å². The average molecular weight is 717 g/mol. The van der Waals surface area contributed by atoms with Gasteiger partial charge in [0.25, 0.3) is 5.91 Å². The number of methoxy groups -OCH3 is 5. The molecule has 1 unspecified atom stereocenters. The highest BCUT2D eigenvalue weighted by molar-refractivity contribution is 6.31. The minimum atomic E-state index is -0.403. The Morgan fingerprint density at radius 3 is 1.86 bits per heavy atom. The predicted molar refractivity (Wildman–Crippen MR) is 200 cm³/mol. The number of ether oxygens (including phenoxy) is 7. The lowest BCUT2D eigenvalue weighted by Crippen LogP contribution is -2.38. The Morgan fingerprint density at radius 2 is 1.20 bits per heavy atom. The minimum Gasteiger partial charge on any atom is -0.493 e. The Bertz CT molecular complexity index is 1800. The molecule has 0 fully saturated rings. The van der Waals surface area contributed by atoms with Crippen LogP contribution in [0.5, 0.6) is 40.2 Å². The summed E-state index contributed by atoms with van der Waals surface area (Å²) in [5.74, 6) is 4.23. The average Bonchev–Trinajstić information content (AvgIpc) is 3.16. The summed E-state index contributed by atoms with van der Waals surface area (Å²) in [6.07, 6.45) is 8.56. The Balaban J connectivity index is 1.04. The van der Waals surface area contributed by atoms with Gasteiger partial charge in [0.05, 0.1) is 54.3 Å². The van der Waals surface area contributed by atoms with Gasteiger partial charge >= 0.3 is 0 Å². The van der Waals surface area contributed by atoms with Crippen LogP contribution in [0.1, 0.15) is 65.3 Å². The first-order valence-corrected chi connectivity index (χ1v) is 17.2. The zero-order valence-electron chi connectivity index (χ0n) is 29.7. The Morgan fingerprint density at radius 1 is 0.588 bits per heavy atom. The van der Waals surface area contributed by atoms with Crippen LogP contribution in [0.2, 0.25) is 5.02 Å². The second-order valence-corrected chi connectivity index (χ2v) is 12.3. The van der Waals surface area contributed by atoms with E-state index in [9.17, 15) is 4.79 Å². The molecule has 11 heteroatoms. The molecule has 0 spiro atoms. The molecular formula is C40H45ClN2O8. The van der Waals surface area contributed by atoms with Gasteiger partial charge in [-0.3, -0.25) is 4.79 Å². The fourth-order valence-electron chi connectivity index (χ4n) is 5.78. The number of hydrogen-bond acceptors (Lipinski definition) is 9. The van der Waals surface area contributed by atoms with Crippen LogP contribution in [0.15, 0.2) is 66.7 Å². The molecule has 270 valence electrons. The van der Waals surface area contributed by atoms with E-state index in [2.05, 4.69) is 10.6 Å². The molecule has 1 amide bonds. The summed E-state index contributed by atoms with van der Waals surface area (Å²) in [5, 5.41) is 6.83. The first-order valence-electron chi connectivity index (χ1n) is 16.8. The van der Waals surface area contributed by atoms with Gasteiger partial charge in [-0.15, -0.1) is 0 Å². The smallest absolute Gasteiger partial charge is 0.255 e. The van der Waals surface area contributed by atoms with Crippen LogP contribution in [-0.2, 0) is 0 Å². The molecule has 0 bridgehead atoms. The summed E-state index contributed by atoms with van der Waals surface area (Å²) < 4.78 is 39.7. The van der Waals surface area contributed by atoms with Gasteiger partial charge in [-0.2, -0.15) is 0 Å². The number of nitrogens with one attached hydrogen (secondary N) is 2. The van der Waals surface area contributed by atoms with E-state index in [4.69, 9.17) is 44.8 Å². The molecule has 51 heavy (non-hydrogen) atoms. The third-order valence-electron chi connectivity index (χ3n) is 8.47. The molecule has 0 saturated carbocycles. The van der Waals surface area contributed by atoms with Gasteiger partial charge in [-0.25, -0.2) is 0 Å². The predicted octanol–water partition coefficient (Wildman–Crippen LogP) is 8.82. The van der Waals surface area contributed by atoms with Crippen molar-refractivity contribution in [3.63, 3.8) is 0 Å². The fourth-order valence-corrected chi connectivity index (χ4v) is 5.95. The second-order valence-electron chi connectivity index (χ2n) is 11.8. The van der Waals surface area contributed by atoms with Crippen molar-refractivity contribution in [1.29, 1.82) is 0 Å². The summed E-state index contributed by atoms with van der Waals surface area (Å²) in [6, 6.07) is 20.6. The number of fused-ring (bicyclic) bond motifs is 1. The standard InChI is InChI=1S/C40H45ClN2O8/c1-45-32-17-13-26(11-12-27-22-36(47-3)38(49-5)37(23-27)48-4)21-35(32)51-20-10-8-6-7-9-19-50-33-18-14-28(24-34(33)46-2)39-42-31-16-15-29(41)25-30(31)40(44)43-39/h11-18,21-25,39,42H,6-10,19-20H2,1-5H3,(H,43,44). The maximum atomic E-state index is 12.7. The number of benzene rings is 4. The molecule has 4 aromatic rings. The maximum absolute atomic E-state index is 12.7. The number of rotatable bonds is 18. The van der Waals surface area contributed by atoms with Gasteiger partial charge in [0, 0.05) is 10.7 Å². The van der Waals surface area contributed by atoms with Crippen molar-refractivity contribution in [3.05, 3.63) is 94.0 Å². The van der Waals surface area contributed by atoms with Crippen LogP contribution in [0.3, 0.4) is 0 Å². The monoisotopic (exact) mass is 716 g/mol. The summed E-state index contributed by atoms with van der Waals surface area (Å²) >= 11 is 6.06. The lowest BCUT2D eigenvalue weighted by molar-refractivity contribution is 0.0935. The van der Waals surface area contributed by atoms with E-state index in [0.717, 1.165) is 54.5 Å². The number of hydrogen-bond donors (Lipinski definition) is 2. The zero-order valence-corrected chi connectivity index (χ0v) is 30.4. The van der Waals surface area contributed by atoms with Crippen LogP contribution < -0.4 is 43.8 Å². The fraction of sp³-hybridized carbons (Fsp3) is 0.325. The van der Waals surface area contributed by atoms with E-state index < -0.39 is 6.17 Å². The SMILES string of the molecule is COc1cc(C2NC(=O)c3cc(Cl)ccc3N2)ccc1OCCCCCCCOc1cc(C=Cc2cc(OC)c(OC)c(OC)c2)ccc1OC. The van der Waals surface area contributed by atoms with Crippen molar-refractivity contribution in [2.24, 2.45) is 0 Å². The Kier molecular flexibility index (Phi) is 13.2. The highest BCUT2D eigenvalue weighted by atomic mass is 35.5. The van der Waals surface area contributed by atoms with Gasteiger partial charge < -0.3 is 43.8 Å². The molecule has 5 rings (SSSR count). The van der Waals surface area contributed by atoms with E-state index in [-0.39, 0.29) is 5.91 Å². The van der Waals surface area contributed by atoms with Gasteiger partial charge in [-0.1, -0.05) is 55.1 Å². The largest absolute Gasteiger partial charge is 0.493 e. The van der Waals surface area contributed by atoms with Crippen LogP contribution in [0.25, 0.3) is 12.2 Å². The normalized spacial score (nSPS) is 13.5. The number of carbonyl (C=O) groups excluding carboxylic acids is 1.